The molecule has 4 heteroatoms. The fraction of sp³-hybridized carbons (Fsp3) is 0.0909. The second kappa shape index (κ2) is 13.8. The zero-order chi connectivity index (χ0) is 8.65. The maximum atomic E-state index is 8.63. The zero-order valence-electron chi connectivity index (χ0n) is 8.11. The second-order valence-corrected chi connectivity index (χ2v) is 2.43. The van der Waals surface area contributed by atoms with Gasteiger partial charge in [-0.25, -0.2) is 0 Å². The van der Waals surface area contributed by atoms with E-state index >= 15 is 0 Å². The Morgan fingerprint density at radius 2 is 1.33 bits per heavy atom. The third-order valence-corrected chi connectivity index (χ3v) is 1.41. The van der Waals surface area contributed by atoms with Crippen LogP contribution in [0.3, 0.4) is 0 Å². The summed E-state index contributed by atoms with van der Waals surface area (Å²) >= 11 is 0. The monoisotopic (exact) mass is 278 g/mol. The SMILES string of the molecule is C1=CCC=C1.Oc1ccccc1.[Cl-].[Cl-].[Ti+2]. The summed E-state index contributed by atoms with van der Waals surface area (Å²) in [5.74, 6) is 0.322. The van der Waals surface area contributed by atoms with Crippen LogP contribution in [0.15, 0.2) is 54.6 Å². The molecule has 0 heterocycles. The maximum absolute atomic E-state index is 8.63. The normalized spacial score (nSPS) is 9.87. The van der Waals surface area contributed by atoms with E-state index in [-0.39, 0.29) is 46.5 Å². The van der Waals surface area contributed by atoms with E-state index in [4.69, 9.17) is 5.11 Å². The van der Waals surface area contributed by atoms with Crippen LogP contribution in [0.25, 0.3) is 0 Å². The predicted octanol–water partition coefficient (Wildman–Crippen LogP) is -3.10. The topological polar surface area (TPSA) is 20.2 Å². The number of hydrogen-bond donors (Lipinski definition) is 1. The summed E-state index contributed by atoms with van der Waals surface area (Å²) in [6.07, 6.45) is 9.50. The first-order chi connectivity index (χ1) is 5.89. The molecule has 0 radical (unpaired) electrons. The van der Waals surface area contributed by atoms with Gasteiger partial charge in [-0.2, -0.15) is 0 Å². The molecule has 0 atom stereocenters. The Hall–Kier alpha value is -0.206. The zero-order valence-corrected chi connectivity index (χ0v) is 11.2. The first-order valence-corrected chi connectivity index (χ1v) is 3.95. The molecule has 1 aliphatic rings. The van der Waals surface area contributed by atoms with Gasteiger partial charge in [-0.1, -0.05) is 42.5 Å². The van der Waals surface area contributed by atoms with Gasteiger partial charge in [0.2, 0.25) is 0 Å². The Labute approximate surface area is 118 Å². The first-order valence-electron chi connectivity index (χ1n) is 3.95. The summed E-state index contributed by atoms with van der Waals surface area (Å²) in [5, 5.41) is 8.63. The van der Waals surface area contributed by atoms with Gasteiger partial charge in [0.1, 0.15) is 5.75 Å². The van der Waals surface area contributed by atoms with Crippen molar-refractivity contribution in [3.63, 3.8) is 0 Å². The number of rotatable bonds is 0. The van der Waals surface area contributed by atoms with Crippen LogP contribution >= 0.6 is 0 Å². The summed E-state index contributed by atoms with van der Waals surface area (Å²) in [5.41, 5.74) is 0. The molecule has 1 aromatic rings. The standard InChI is InChI=1S/C6H6O.C5H6.2ClH.Ti/c7-6-4-2-1-3-5-6;1-2-4-5-3-1;;;/h1-5,7H;1-4H,5H2;2*1H;/q;;;;+2/p-2. The van der Waals surface area contributed by atoms with E-state index in [9.17, 15) is 0 Å². The number of allylic oxidation sites excluding steroid dienone is 4. The van der Waals surface area contributed by atoms with Gasteiger partial charge in [0.15, 0.2) is 0 Å². The van der Waals surface area contributed by atoms with Crippen LogP contribution in [-0.2, 0) is 21.7 Å². The average molecular weight is 279 g/mol. The van der Waals surface area contributed by atoms with Crippen LogP contribution in [-0.4, -0.2) is 5.11 Å². The molecule has 15 heavy (non-hydrogen) atoms. The number of aromatic hydroxyl groups is 1. The van der Waals surface area contributed by atoms with Crippen molar-refractivity contribution in [2.24, 2.45) is 0 Å². The van der Waals surface area contributed by atoms with E-state index in [1.165, 1.54) is 0 Å². The van der Waals surface area contributed by atoms with Gasteiger partial charge >= 0.3 is 21.7 Å². The Kier molecular flexibility index (Phi) is 18.6. The Balaban J connectivity index is -0.000000165. The molecular formula is C11H12Cl2OTi. The summed E-state index contributed by atoms with van der Waals surface area (Å²) in [6, 6.07) is 8.71. The van der Waals surface area contributed by atoms with Crippen LogP contribution < -0.4 is 24.8 Å². The molecule has 80 valence electrons. The molecule has 0 unspecified atom stereocenters. The van der Waals surface area contributed by atoms with Crippen molar-refractivity contribution >= 4 is 0 Å². The summed E-state index contributed by atoms with van der Waals surface area (Å²) in [7, 11) is 0. The van der Waals surface area contributed by atoms with Gasteiger partial charge in [-0.05, 0) is 18.6 Å². The minimum Gasteiger partial charge on any atom is -1.00 e. The van der Waals surface area contributed by atoms with Crippen LogP contribution in [0.1, 0.15) is 6.42 Å². The number of benzene rings is 1. The number of phenols is 1. The fourth-order valence-corrected chi connectivity index (χ4v) is 0.821. The van der Waals surface area contributed by atoms with E-state index < -0.39 is 0 Å². The first kappa shape index (κ1) is 20.2. The Morgan fingerprint density at radius 1 is 0.867 bits per heavy atom. The molecule has 0 fully saturated rings. The number of hydrogen-bond acceptors (Lipinski definition) is 1. The Morgan fingerprint density at radius 3 is 1.53 bits per heavy atom. The van der Waals surface area contributed by atoms with Crippen molar-refractivity contribution in [3.8, 4) is 5.75 Å². The molecule has 0 amide bonds. The molecule has 1 N–H and O–H groups in total. The van der Waals surface area contributed by atoms with Gasteiger partial charge in [0.25, 0.3) is 0 Å². The third-order valence-electron chi connectivity index (χ3n) is 1.41. The molecule has 0 spiro atoms. The van der Waals surface area contributed by atoms with Crippen molar-refractivity contribution in [3.05, 3.63) is 54.6 Å². The number of halogens is 2. The summed E-state index contributed by atoms with van der Waals surface area (Å²) < 4.78 is 0. The molecule has 0 bridgehead atoms. The third kappa shape index (κ3) is 11.7. The largest absolute Gasteiger partial charge is 2.00 e. The van der Waals surface area contributed by atoms with Crippen LogP contribution in [0.2, 0.25) is 0 Å². The van der Waals surface area contributed by atoms with Crippen LogP contribution in [0, 0.1) is 0 Å². The fourth-order valence-electron chi connectivity index (χ4n) is 0.821. The summed E-state index contributed by atoms with van der Waals surface area (Å²) in [4.78, 5) is 0. The van der Waals surface area contributed by atoms with E-state index in [1.54, 1.807) is 24.3 Å². The van der Waals surface area contributed by atoms with E-state index in [2.05, 4.69) is 24.3 Å². The van der Waals surface area contributed by atoms with Crippen molar-refractivity contribution in [2.75, 3.05) is 0 Å². The van der Waals surface area contributed by atoms with Gasteiger partial charge in [0, 0.05) is 0 Å². The maximum Gasteiger partial charge on any atom is 2.00 e. The average Bonchev–Trinajstić information content (AvgIpc) is 2.62. The van der Waals surface area contributed by atoms with Crippen LogP contribution in [0.4, 0.5) is 0 Å². The number of phenolic OH excluding ortho intramolecular Hbond substituents is 1. The predicted molar refractivity (Wildman–Crippen MR) is 51.0 cm³/mol. The molecule has 0 saturated carbocycles. The van der Waals surface area contributed by atoms with Gasteiger partial charge in [0.05, 0.1) is 0 Å². The quantitative estimate of drug-likeness (QED) is 0.499. The minimum atomic E-state index is 0. The van der Waals surface area contributed by atoms with E-state index in [0.29, 0.717) is 5.75 Å². The molecule has 0 aliphatic heterocycles. The van der Waals surface area contributed by atoms with Gasteiger partial charge in [-0.15, -0.1) is 0 Å². The van der Waals surface area contributed by atoms with Crippen molar-refractivity contribution in [1.82, 2.24) is 0 Å². The van der Waals surface area contributed by atoms with Crippen LogP contribution in [0.5, 0.6) is 5.75 Å². The molecule has 1 aromatic carbocycles. The van der Waals surface area contributed by atoms with Crippen molar-refractivity contribution < 1.29 is 51.6 Å². The van der Waals surface area contributed by atoms with E-state index in [0.717, 1.165) is 6.42 Å². The van der Waals surface area contributed by atoms with Gasteiger partial charge < -0.3 is 29.9 Å². The van der Waals surface area contributed by atoms with Crippen molar-refractivity contribution in [2.45, 2.75) is 6.42 Å². The molecule has 0 aromatic heterocycles. The molecule has 1 aliphatic carbocycles. The molecule has 0 saturated heterocycles. The Bertz CT molecular complexity index is 263. The smallest absolute Gasteiger partial charge is 1.00 e. The van der Waals surface area contributed by atoms with E-state index in [1.807, 2.05) is 6.07 Å². The molecule has 2 rings (SSSR count). The van der Waals surface area contributed by atoms with Gasteiger partial charge in [-0.3, -0.25) is 0 Å². The van der Waals surface area contributed by atoms with Crippen molar-refractivity contribution in [1.29, 1.82) is 0 Å². The minimum absolute atomic E-state index is 0. The molecular weight excluding hydrogens is 267 g/mol. The second-order valence-electron chi connectivity index (χ2n) is 2.43. The summed E-state index contributed by atoms with van der Waals surface area (Å²) in [6.45, 7) is 0. The number of para-hydroxylation sites is 1. The molecule has 1 nitrogen and oxygen atoms in total.